The number of hydrogen-bond donors (Lipinski definition) is 1. The van der Waals surface area contributed by atoms with Gasteiger partial charge in [0.05, 0.1) is 13.2 Å². The first-order chi connectivity index (χ1) is 10.0. The summed E-state index contributed by atoms with van der Waals surface area (Å²) in [6.07, 6.45) is 0.939. The second-order valence-electron chi connectivity index (χ2n) is 6.20. The Hall–Kier alpha value is -1.32. The zero-order valence-corrected chi connectivity index (χ0v) is 13.8. The fourth-order valence-corrected chi connectivity index (χ4v) is 2.65. The lowest BCUT2D eigenvalue weighted by atomic mass is 9.97. The van der Waals surface area contributed by atoms with Crippen molar-refractivity contribution < 1.29 is 9.15 Å². The van der Waals surface area contributed by atoms with Crippen LogP contribution < -0.4 is 5.32 Å². The van der Waals surface area contributed by atoms with Crippen LogP contribution in [0.1, 0.15) is 50.5 Å². The fraction of sp³-hybridized carbons (Fsp3) is 0.556. The van der Waals surface area contributed by atoms with Gasteiger partial charge in [-0.3, -0.25) is 0 Å². The Morgan fingerprint density at radius 1 is 1.19 bits per heavy atom. The lowest BCUT2D eigenvalue weighted by molar-refractivity contribution is 0.202. The average molecular weight is 289 g/mol. The van der Waals surface area contributed by atoms with E-state index >= 15 is 0 Å². The highest BCUT2D eigenvalue weighted by molar-refractivity contribution is 5.83. The molecule has 3 heteroatoms. The summed E-state index contributed by atoms with van der Waals surface area (Å²) < 4.78 is 11.2. The second kappa shape index (κ2) is 7.10. The summed E-state index contributed by atoms with van der Waals surface area (Å²) in [5.41, 5.74) is 3.62. The first kappa shape index (κ1) is 16.1. The van der Waals surface area contributed by atoms with Crippen molar-refractivity contribution in [3.05, 3.63) is 35.1 Å². The molecule has 0 aliphatic heterocycles. The Balaban J connectivity index is 2.38. The van der Waals surface area contributed by atoms with Crippen molar-refractivity contribution in [2.24, 2.45) is 0 Å². The van der Waals surface area contributed by atoms with Crippen molar-refractivity contribution in [2.45, 2.75) is 52.6 Å². The molecule has 2 rings (SSSR count). The highest BCUT2D eigenvalue weighted by atomic mass is 16.5. The van der Waals surface area contributed by atoms with Crippen LogP contribution in [-0.2, 0) is 17.7 Å². The van der Waals surface area contributed by atoms with Crippen LogP contribution >= 0.6 is 0 Å². The van der Waals surface area contributed by atoms with Gasteiger partial charge in [-0.1, -0.05) is 33.8 Å². The Morgan fingerprint density at radius 2 is 1.95 bits per heavy atom. The molecule has 0 amide bonds. The van der Waals surface area contributed by atoms with Gasteiger partial charge in [0, 0.05) is 24.1 Å². The van der Waals surface area contributed by atoms with Crippen LogP contribution in [0.2, 0.25) is 0 Å². The maximum atomic E-state index is 6.08. The second-order valence-corrected chi connectivity index (χ2v) is 6.20. The number of furan rings is 1. The van der Waals surface area contributed by atoms with Gasteiger partial charge in [-0.05, 0) is 30.0 Å². The molecular weight excluding hydrogens is 262 g/mol. The molecule has 0 atom stereocenters. The average Bonchev–Trinajstić information content (AvgIpc) is 2.80. The highest BCUT2D eigenvalue weighted by Gasteiger charge is 2.17. The molecule has 0 spiro atoms. The fourth-order valence-electron chi connectivity index (χ4n) is 2.65. The minimum absolute atomic E-state index is 0.452. The van der Waals surface area contributed by atoms with E-state index in [-0.39, 0.29) is 0 Å². The van der Waals surface area contributed by atoms with Crippen molar-refractivity contribution in [1.29, 1.82) is 0 Å². The summed E-state index contributed by atoms with van der Waals surface area (Å²) in [7, 11) is 1.74. The maximum Gasteiger partial charge on any atom is 0.134 e. The molecule has 1 aromatic carbocycles. The standard InChI is InChI=1S/C18H27NO2/c1-12(2)18-15-10-14(8-9-20-5)6-7-16(15)21-17(18)11-19-13(3)4/h6-7,10,12-13,19H,8-9,11H2,1-5H3. The lowest BCUT2D eigenvalue weighted by Gasteiger charge is -2.10. The minimum Gasteiger partial charge on any atom is -0.459 e. The molecular formula is C18H27NO2. The Morgan fingerprint density at radius 3 is 2.57 bits per heavy atom. The molecule has 0 saturated carbocycles. The highest BCUT2D eigenvalue weighted by Crippen LogP contribution is 2.32. The number of fused-ring (bicyclic) bond motifs is 1. The van der Waals surface area contributed by atoms with E-state index in [2.05, 4.69) is 51.2 Å². The maximum absolute atomic E-state index is 6.08. The van der Waals surface area contributed by atoms with Crippen molar-refractivity contribution in [3.8, 4) is 0 Å². The van der Waals surface area contributed by atoms with Gasteiger partial charge < -0.3 is 14.5 Å². The van der Waals surface area contributed by atoms with Crippen LogP contribution in [0.5, 0.6) is 0 Å². The molecule has 0 unspecified atom stereocenters. The SMILES string of the molecule is COCCc1ccc2oc(CNC(C)C)c(C(C)C)c2c1. The van der Waals surface area contributed by atoms with E-state index < -0.39 is 0 Å². The molecule has 1 N–H and O–H groups in total. The number of ether oxygens (including phenoxy) is 1. The van der Waals surface area contributed by atoms with Crippen LogP contribution in [0.3, 0.4) is 0 Å². The summed E-state index contributed by atoms with van der Waals surface area (Å²) in [6, 6.07) is 6.93. The van der Waals surface area contributed by atoms with E-state index in [0.717, 1.165) is 30.9 Å². The van der Waals surface area contributed by atoms with Gasteiger partial charge >= 0.3 is 0 Å². The molecule has 0 saturated heterocycles. The Labute approximate surface area is 127 Å². The topological polar surface area (TPSA) is 34.4 Å². The Bertz CT molecular complexity index is 584. The number of rotatable bonds is 7. The van der Waals surface area contributed by atoms with Gasteiger partial charge in [0.1, 0.15) is 11.3 Å². The van der Waals surface area contributed by atoms with E-state index in [4.69, 9.17) is 9.15 Å². The van der Waals surface area contributed by atoms with Crippen LogP contribution in [0.25, 0.3) is 11.0 Å². The van der Waals surface area contributed by atoms with E-state index in [1.54, 1.807) is 7.11 Å². The monoisotopic (exact) mass is 289 g/mol. The summed E-state index contributed by atoms with van der Waals surface area (Å²) in [5, 5.41) is 4.70. The lowest BCUT2D eigenvalue weighted by Crippen LogP contribution is -2.22. The first-order valence-corrected chi connectivity index (χ1v) is 7.79. The third kappa shape index (κ3) is 3.86. The normalized spacial score (nSPS) is 12.0. The zero-order valence-electron chi connectivity index (χ0n) is 13.8. The third-order valence-electron chi connectivity index (χ3n) is 3.71. The van der Waals surface area contributed by atoms with Gasteiger partial charge in [-0.15, -0.1) is 0 Å². The molecule has 3 nitrogen and oxygen atoms in total. The minimum atomic E-state index is 0.452. The summed E-state index contributed by atoms with van der Waals surface area (Å²) >= 11 is 0. The molecule has 0 aliphatic carbocycles. The molecule has 2 aromatic rings. The van der Waals surface area contributed by atoms with E-state index in [0.29, 0.717) is 12.0 Å². The molecule has 1 heterocycles. The van der Waals surface area contributed by atoms with Gasteiger partial charge in [-0.25, -0.2) is 0 Å². The molecule has 1 aromatic heterocycles. The molecule has 0 radical (unpaired) electrons. The predicted molar refractivity (Wildman–Crippen MR) is 87.9 cm³/mol. The molecule has 0 bridgehead atoms. The van der Waals surface area contributed by atoms with Crippen LogP contribution in [0, 0.1) is 0 Å². The predicted octanol–water partition coefficient (Wildman–Crippen LogP) is 4.24. The Kier molecular flexibility index (Phi) is 5.43. The molecule has 0 fully saturated rings. The number of hydrogen-bond acceptors (Lipinski definition) is 3. The van der Waals surface area contributed by atoms with Crippen molar-refractivity contribution in [3.63, 3.8) is 0 Å². The summed E-state index contributed by atoms with van der Waals surface area (Å²) in [5.74, 6) is 1.52. The quantitative estimate of drug-likeness (QED) is 0.827. The summed E-state index contributed by atoms with van der Waals surface area (Å²) in [6.45, 7) is 10.3. The number of methoxy groups -OCH3 is 1. The van der Waals surface area contributed by atoms with E-state index in [1.807, 2.05) is 0 Å². The molecule has 116 valence electrons. The van der Waals surface area contributed by atoms with Crippen molar-refractivity contribution in [2.75, 3.05) is 13.7 Å². The van der Waals surface area contributed by atoms with Crippen molar-refractivity contribution >= 4 is 11.0 Å². The number of benzene rings is 1. The third-order valence-corrected chi connectivity index (χ3v) is 3.71. The van der Waals surface area contributed by atoms with E-state index in [9.17, 15) is 0 Å². The summed E-state index contributed by atoms with van der Waals surface area (Å²) in [4.78, 5) is 0. The smallest absolute Gasteiger partial charge is 0.134 e. The van der Waals surface area contributed by atoms with E-state index in [1.165, 1.54) is 16.5 Å². The first-order valence-electron chi connectivity index (χ1n) is 7.79. The molecule has 21 heavy (non-hydrogen) atoms. The van der Waals surface area contributed by atoms with Crippen LogP contribution in [0.4, 0.5) is 0 Å². The van der Waals surface area contributed by atoms with Gasteiger partial charge in [0.15, 0.2) is 0 Å². The van der Waals surface area contributed by atoms with Crippen LogP contribution in [-0.4, -0.2) is 19.8 Å². The largest absolute Gasteiger partial charge is 0.459 e. The van der Waals surface area contributed by atoms with Gasteiger partial charge in [0.2, 0.25) is 0 Å². The zero-order chi connectivity index (χ0) is 15.4. The molecule has 0 aliphatic rings. The number of nitrogens with one attached hydrogen (secondary N) is 1. The van der Waals surface area contributed by atoms with Gasteiger partial charge in [0.25, 0.3) is 0 Å². The van der Waals surface area contributed by atoms with Crippen LogP contribution in [0.15, 0.2) is 22.6 Å². The van der Waals surface area contributed by atoms with Crippen molar-refractivity contribution in [1.82, 2.24) is 5.32 Å². The van der Waals surface area contributed by atoms with Gasteiger partial charge in [-0.2, -0.15) is 0 Å².